The molecule has 0 aromatic rings. The Labute approximate surface area is 80.9 Å². The van der Waals surface area contributed by atoms with E-state index in [4.69, 9.17) is 0 Å². The van der Waals surface area contributed by atoms with Gasteiger partial charge >= 0.3 is 0 Å². The highest BCUT2D eigenvalue weighted by molar-refractivity contribution is 5.39. The second-order valence-corrected chi connectivity index (χ2v) is 2.58. The second-order valence-electron chi connectivity index (χ2n) is 2.58. The van der Waals surface area contributed by atoms with Crippen molar-refractivity contribution in [1.29, 1.82) is 0 Å². The summed E-state index contributed by atoms with van der Waals surface area (Å²) in [6.07, 6.45) is 0. The summed E-state index contributed by atoms with van der Waals surface area (Å²) in [6, 6.07) is 2.69. The lowest BCUT2D eigenvalue weighted by Crippen LogP contribution is -2.17. The maximum absolute atomic E-state index is 4.07. The van der Waals surface area contributed by atoms with Crippen LogP contribution in [0.3, 0.4) is 0 Å². The first-order chi connectivity index (χ1) is 6.28. The molecule has 0 heterocycles. The first-order valence-electron chi connectivity index (χ1n) is 4.94. The Hall–Kier alpha value is -1.02. The lowest BCUT2D eigenvalue weighted by Gasteiger charge is -2.12. The Morgan fingerprint density at radius 3 is 1.31 bits per heavy atom. The number of hydrogen-bond donors (Lipinski definition) is 0. The molecule has 0 atom stereocenters. The van der Waals surface area contributed by atoms with Gasteiger partial charge in [-0.05, 0) is 27.7 Å². The molecule has 0 saturated heterocycles. The summed E-state index contributed by atoms with van der Waals surface area (Å²) in [5.41, 5.74) is 0. The van der Waals surface area contributed by atoms with Gasteiger partial charge in [0.15, 0.2) is 0 Å². The van der Waals surface area contributed by atoms with E-state index in [2.05, 4.69) is 43.9 Å². The molecule has 0 aromatic heterocycles. The molecule has 0 unspecified atom stereocenters. The van der Waals surface area contributed by atoms with Crippen LogP contribution in [0, 0.1) is 0 Å². The van der Waals surface area contributed by atoms with Gasteiger partial charge in [0.2, 0.25) is 0 Å². The van der Waals surface area contributed by atoms with E-state index in [1.807, 2.05) is 10.0 Å². The number of nitrogens with zero attached hydrogens (tertiary/aromatic N) is 4. The Bertz CT molecular complexity index is 148. The van der Waals surface area contributed by atoms with Gasteiger partial charge < -0.3 is 0 Å². The highest BCUT2D eigenvalue weighted by Crippen LogP contribution is 1.87. The molecule has 0 fully saturated rings. The maximum atomic E-state index is 4.07. The molecule has 0 aromatic carbocycles. The molecule has 0 bridgehead atoms. The topological polar surface area (TPSA) is 31.2 Å². The molecule has 76 valence electrons. The summed E-state index contributed by atoms with van der Waals surface area (Å²) >= 11 is 0. The van der Waals surface area contributed by atoms with Crippen LogP contribution < -0.4 is 0 Å². The molecule has 0 aliphatic carbocycles. The standard InChI is InChI=1S/C9H20N4/c1-5-12(6-2)10-9-11-13(7-3)8-4/h5-8H2,1-4H3. The average Bonchev–Trinajstić information content (AvgIpc) is 2.19. The summed E-state index contributed by atoms with van der Waals surface area (Å²) < 4.78 is 0. The van der Waals surface area contributed by atoms with Crippen molar-refractivity contribution in [2.45, 2.75) is 27.7 Å². The lowest BCUT2D eigenvalue weighted by molar-refractivity contribution is 0.310. The third kappa shape index (κ3) is 5.26. The number of hydrogen-bond acceptors (Lipinski definition) is 4. The SMILES string of the molecule is CCN(CC)N=C=NN(CC)CC. The predicted molar refractivity (Wildman–Crippen MR) is 55.7 cm³/mol. The average molecular weight is 184 g/mol. The van der Waals surface area contributed by atoms with Gasteiger partial charge in [0.1, 0.15) is 6.01 Å². The highest BCUT2D eigenvalue weighted by Gasteiger charge is 1.90. The van der Waals surface area contributed by atoms with Crippen LogP contribution in [0.15, 0.2) is 10.2 Å². The normalized spacial score (nSPS) is 8.92. The van der Waals surface area contributed by atoms with Crippen LogP contribution in [0.5, 0.6) is 0 Å². The quantitative estimate of drug-likeness (QED) is 0.464. The molecule has 0 N–H and O–H groups in total. The van der Waals surface area contributed by atoms with Crippen molar-refractivity contribution in [3.05, 3.63) is 0 Å². The molecule has 13 heavy (non-hydrogen) atoms. The fourth-order valence-electron chi connectivity index (χ4n) is 0.877. The molecule has 0 rings (SSSR count). The van der Waals surface area contributed by atoms with Gasteiger partial charge in [-0.25, -0.2) is 0 Å². The van der Waals surface area contributed by atoms with Crippen LogP contribution in [0.25, 0.3) is 0 Å². The molecular formula is C9H20N4. The first kappa shape index (κ1) is 12.0. The Morgan fingerprint density at radius 2 is 1.08 bits per heavy atom. The zero-order valence-corrected chi connectivity index (χ0v) is 9.12. The number of hydrazone groups is 2. The lowest BCUT2D eigenvalue weighted by atomic mass is 10.6. The zero-order chi connectivity index (χ0) is 10.1. The van der Waals surface area contributed by atoms with E-state index in [0.717, 1.165) is 26.2 Å². The second kappa shape index (κ2) is 7.62. The van der Waals surface area contributed by atoms with E-state index in [1.54, 1.807) is 0 Å². The Kier molecular flexibility index (Phi) is 7.02. The van der Waals surface area contributed by atoms with Crippen LogP contribution in [0.1, 0.15) is 27.7 Å². The minimum atomic E-state index is 0.900. The fraction of sp³-hybridized carbons (Fsp3) is 0.889. The van der Waals surface area contributed by atoms with Gasteiger partial charge in [-0.2, -0.15) is 0 Å². The summed E-state index contributed by atoms with van der Waals surface area (Å²) in [5, 5.41) is 12.0. The van der Waals surface area contributed by atoms with Crippen LogP contribution in [-0.2, 0) is 0 Å². The molecule has 0 radical (unpaired) electrons. The first-order valence-corrected chi connectivity index (χ1v) is 4.94. The van der Waals surface area contributed by atoms with Crippen molar-refractivity contribution in [1.82, 2.24) is 10.0 Å². The summed E-state index contributed by atoms with van der Waals surface area (Å²) in [7, 11) is 0. The smallest absolute Gasteiger partial charge is 0.139 e. The van der Waals surface area contributed by atoms with Crippen molar-refractivity contribution < 1.29 is 0 Å². The summed E-state index contributed by atoms with van der Waals surface area (Å²) in [5.74, 6) is 0. The largest absolute Gasteiger partial charge is 0.288 e. The monoisotopic (exact) mass is 184 g/mol. The van der Waals surface area contributed by atoms with Crippen LogP contribution in [0.4, 0.5) is 0 Å². The van der Waals surface area contributed by atoms with Crippen molar-refractivity contribution >= 4 is 6.01 Å². The van der Waals surface area contributed by atoms with Crippen LogP contribution in [-0.4, -0.2) is 42.2 Å². The molecule has 0 saturated carbocycles. The van der Waals surface area contributed by atoms with Crippen molar-refractivity contribution in [3.63, 3.8) is 0 Å². The molecular weight excluding hydrogens is 164 g/mol. The van der Waals surface area contributed by atoms with Gasteiger partial charge in [-0.1, -0.05) is 0 Å². The third-order valence-corrected chi connectivity index (χ3v) is 1.83. The number of rotatable bonds is 6. The third-order valence-electron chi connectivity index (χ3n) is 1.83. The summed E-state index contributed by atoms with van der Waals surface area (Å²) in [6.45, 7) is 11.8. The van der Waals surface area contributed by atoms with Crippen molar-refractivity contribution in [2.75, 3.05) is 26.2 Å². The van der Waals surface area contributed by atoms with Gasteiger partial charge in [-0.3, -0.25) is 10.0 Å². The van der Waals surface area contributed by atoms with Crippen molar-refractivity contribution in [3.8, 4) is 0 Å². The minimum absolute atomic E-state index is 0.900. The minimum Gasteiger partial charge on any atom is -0.288 e. The Balaban J connectivity index is 4.05. The molecule has 4 nitrogen and oxygen atoms in total. The van der Waals surface area contributed by atoms with Crippen LogP contribution in [0.2, 0.25) is 0 Å². The molecule has 4 heteroatoms. The van der Waals surface area contributed by atoms with Crippen LogP contribution >= 0.6 is 0 Å². The van der Waals surface area contributed by atoms with Gasteiger partial charge in [0, 0.05) is 26.2 Å². The highest BCUT2D eigenvalue weighted by atomic mass is 15.5. The Morgan fingerprint density at radius 1 is 0.769 bits per heavy atom. The van der Waals surface area contributed by atoms with E-state index in [1.165, 1.54) is 0 Å². The van der Waals surface area contributed by atoms with Gasteiger partial charge in [0.05, 0.1) is 0 Å². The molecule has 0 aliphatic rings. The van der Waals surface area contributed by atoms with E-state index >= 15 is 0 Å². The molecule has 0 aliphatic heterocycles. The van der Waals surface area contributed by atoms with E-state index in [9.17, 15) is 0 Å². The molecule has 0 amide bonds. The van der Waals surface area contributed by atoms with Gasteiger partial charge in [0.25, 0.3) is 0 Å². The van der Waals surface area contributed by atoms with E-state index in [-0.39, 0.29) is 0 Å². The zero-order valence-electron chi connectivity index (χ0n) is 9.12. The van der Waals surface area contributed by atoms with Crippen molar-refractivity contribution in [2.24, 2.45) is 10.2 Å². The fourth-order valence-corrected chi connectivity index (χ4v) is 0.877. The van der Waals surface area contributed by atoms with Gasteiger partial charge in [-0.15, -0.1) is 10.2 Å². The van der Waals surface area contributed by atoms with E-state index in [0.29, 0.717) is 0 Å². The summed E-state index contributed by atoms with van der Waals surface area (Å²) in [4.78, 5) is 0. The molecule has 0 spiro atoms. The van der Waals surface area contributed by atoms with E-state index < -0.39 is 0 Å². The predicted octanol–water partition coefficient (Wildman–Crippen LogP) is 1.67. The maximum Gasteiger partial charge on any atom is 0.139 e.